The summed E-state index contributed by atoms with van der Waals surface area (Å²) in [5.74, 6) is 0.0371. The smallest absolute Gasteiger partial charge is 0.339 e. The van der Waals surface area contributed by atoms with Crippen LogP contribution in [0.2, 0.25) is 0 Å². The van der Waals surface area contributed by atoms with Gasteiger partial charge in [-0.25, -0.2) is 9.78 Å². The van der Waals surface area contributed by atoms with Crippen LogP contribution in [0.4, 0.5) is 0 Å². The van der Waals surface area contributed by atoms with Crippen molar-refractivity contribution in [2.75, 3.05) is 13.7 Å². The second-order valence-electron chi connectivity index (χ2n) is 6.76. The first-order valence-electron chi connectivity index (χ1n) is 8.62. The summed E-state index contributed by atoms with van der Waals surface area (Å²) in [4.78, 5) is 16.6. The number of esters is 1. The Kier molecular flexibility index (Phi) is 8.68. The number of nitrogens with zero attached hydrogens (tertiary/aromatic N) is 1. The molecule has 2 unspecified atom stereocenters. The lowest BCUT2D eigenvalue weighted by molar-refractivity contribution is 0.0524. The number of aromatic nitrogens is 1. The van der Waals surface area contributed by atoms with E-state index in [2.05, 4.69) is 16.6 Å². The average molecular weight is 371 g/mol. The predicted octanol–water partition coefficient (Wildman–Crippen LogP) is 3.03. The number of carbonyl (C=O) groups excluding carboxylic acids is 1. The molecule has 25 heavy (non-hydrogen) atoms. The Bertz CT molecular complexity index is 560. The second kappa shape index (κ2) is 9.99. The Morgan fingerprint density at radius 1 is 1.36 bits per heavy atom. The molecule has 0 saturated heterocycles. The number of pyridine rings is 1. The van der Waals surface area contributed by atoms with Crippen molar-refractivity contribution in [1.82, 2.24) is 9.71 Å². The van der Waals surface area contributed by atoms with Crippen LogP contribution in [0.25, 0.3) is 0 Å². The van der Waals surface area contributed by atoms with Crippen molar-refractivity contribution < 1.29 is 18.8 Å². The van der Waals surface area contributed by atoms with Crippen molar-refractivity contribution in [3.63, 3.8) is 0 Å². The van der Waals surface area contributed by atoms with Crippen LogP contribution in [0.3, 0.4) is 0 Å². The highest BCUT2D eigenvalue weighted by atomic mass is 32.2. The highest BCUT2D eigenvalue weighted by Crippen LogP contribution is 2.20. The van der Waals surface area contributed by atoms with Gasteiger partial charge < -0.3 is 14.0 Å². The molecule has 0 saturated carbocycles. The van der Waals surface area contributed by atoms with Gasteiger partial charge in [0.15, 0.2) is 0 Å². The lowest BCUT2D eigenvalue weighted by Crippen LogP contribution is -2.45. The minimum atomic E-state index is -1.20. The lowest BCUT2D eigenvalue weighted by atomic mass is 10.0. The van der Waals surface area contributed by atoms with Crippen LogP contribution in [0.5, 0.6) is 5.88 Å². The molecule has 0 fully saturated rings. The van der Waals surface area contributed by atoms with Gasteiger partial charge in [0.05, 0.1) is 31.0 Å². The fraction of sp³-hybridized carbons (Fsp3) is 0.667. The molecular weight excluding hydrogens is 340 g/mol. The molecule has 6 nitrogen and oxygen atoms in total. The molecule has 0 aromatic carbocycles. The van der Waals surface area contributed by atoms with Gasteiger partial charge in [-0.1, -0.05) is 13.3 Å². The van der Waals surface area contributed by atoms with E-state index < -0.39 is 17.3 Å². The Balaban J connectivity index is 3.07. The highest BCUT2D eigenvalue weighted by molar-refractivity contribution is 7.90. The van der Waals surface area contributed by atoms with Crippen LogP contribution >= 0.6 is 0 Å². The molecule has 0 spiro atoms. The normalized spacial score (nSPS) is 14.0. The van der Waals surface area contributed by atoms with E-state index in [9.17, 15) is 9.35 Å². The third-order valence-electron chi connectivity index (χ3n) is 3.56. The minimum Gasteiger partial charge on any atom is -0.598 e. The monoisotopic (exact) mass is 370 g/mol. The van der Waals surface area contributed by atoms with Gasteiger partial charge in [-0.05, 0) is 40.2 Å². The van der Waals surface area contributed by atoms with Gasteiger partial charge in [-0.15, -0.1) is 4.72 Å². The molecule has 0 aliphatic rings. The summed E-state index contributed by atoms with van der Waals surface area (Å²) in [6, 6.07) is 3.26. The van der Waals surface area contributed by atoms with Crippen molar-refractivity contribution >= 4 is 17.3 Å². The lowest BCUT2D eigenvalue weighted by Gasteiger charge is -2.28. The summed E-state index contributed by atoms with van der Waals surface area (Å²) >= 11 is -1.20. The van der Waals surface area contributed by atoms with Gasteiger partial charge in [0.2, 0.25) is 5.88 Å². The Morgan fingerprint density at radius 2 is 2.04 bits per heavy atom. The number of hydrogen-bond donors (Lipinski definition) is 1. The van der Waals surface area contributed by atoms with E-state index in [0.717, 1.165) is 12.8 Å². The van der Waals surface area contributed by atoms with Gasteiger partial charge >= 0.3 is 5.97 Å². The molecule has 1 N–H and O–H groups in total. The van der Waals surface area contributed by atoms with E-state index in [1.165, 1.54) is 7.11 Å². The highest BCUT2D eigenvalue weighted by Gasteiger charge is 2.30. The first-order chi connectivity index (χ1) is 11.7. The molecule has 1 heterocycles. The second-order valence-corrected chi connectivity index (χ2v) is 8.75. The Labute approximate surface area is 154 Å². The molecule has 0 amide bonds. The van der Waals surface area contributed by atoms with Crippen molar-refractivity contribution in [3.05, 3.63) is 23.4 Å². The van der Waals surface area contributed by atoms with Gasteiger partial charge in [0.1, 0.15) is 4.75 Å². The van der Waals surface area contributed by atoms with Crippen LogP contribution in [-0.2, 0) is 22.5 Å². The topological polar surface area (TPSA) is 83.5 Å². The summed E-state index contributed by atoms with van der Waals surface area (Å²) < 4.78 is 25.6. The Morgan fingerprint density at radius 3 is 2.56 bits per heavy atom. The maximum atomic E-state index is 12.4. The molecular formula is C18H30N2O4S. The van der Waals surface area contributed by atoms with Crippen molar-refractivity contribution in [3.8, 4) is 5.88 Å². The molecule has 7 heteroatoms. The summed E-state index contributed by atoms with van der Waals surface area (Å²) in [5.41, 5.74) is 1.02. The molecule has 0 aliphatic heterocycles. The van der Waals surface area contributed by atoms with Crippen LogP contribution in [0.1, 0.15) is 63.5 Å². The minimum absolute atomic E-state index is 0.0576. The first kappa shape index (κ1) is 21.7. The largest absolute Gasteiger partial charge is 0.598 e. The molecule has 142 valence electrons. The number of methoxy groups -OCH3 is 1. The van der Waals surface area contributed by atoms with Crippen LogP contribution < -0.4 is 9.46 Å². The van der Waals surface area contributed by atoms with E-state index in [4.69, 9.17) is 9.47 Å². The molecule has 1 rings (SSSR count). The SMILES string of the molecule is CCCC(Cc1nc(OC)ccc1C(=O)OCC)N[S+]([O-])C(C)(C)C. The molecule has 0 bridgehead atoms. The van der Waals surface area contributed by atoms with Gasteiger partial charge in [-0.2, -0.15) is 0 Å². The van der Waals surface area contributed by atoms with Crippen molar-refractivity contribution in [1.29, 1.82) is 0 Å². The third-order valence-corrected chi connectivity index (χ3v) is 5.22. The van der Waals surface area contributed by atoms with E-state index >= 15 is 0 Å². The van der Waals surface area contributed by atoms with E-state index in [1.807, 2.05) is 20.8 Å². The van der Waals surface area contributed by atoms with Gasteiger partial charge in [0.25, 0.3) is 0 Å². The number of rotatable bonds is 9. The van der Waals surface area contributed by atoms with Gasteiger partial charge in [-0.3, -0.25) is 0 Å². The summed E-state index contributed by atoms with van der Waals surface area (Å²) in [6.07, 6.45) is 2.22. The van der Waals surface area contributed by atoms with Crippen LogP contribution in [0.15, 0.2) is 12.1 Å². The van der Waals surface area contributed by atoms with E-state index in [0.29, 0.717) is 30.2 Å². The Hall–Kier alpha value is -1.31. The fourth-order valence-corrected chi connectivity index (χ4v) is 3.12. The molecule has 0 radical (unpaired) electrons. The zero-order chi connectivity index (χ0) is 19.0. The zero-order valence-electron chi connectivity index (χ0n) is 16.0. The maximum Gasteiger partial charge on any atom is 0.339 e. The number of carbonyl (C=O) groups is 1. The number of nitrogens with one attached hydrogen (secondary N) is 1. The molecule has 0 aliphatic carbocycles. The fourth-order valence-electron chi connectivity index (χ4n) is 2.26. The van der Waals surface area contributed by atoms with Crippen molar-refractivity contribution in [2.45, 2.75) is 64.7 Å². The average Bonchev–Trinajstić information content (AvgIpc) is 2.54. The molecule has 2 atom stereocenters. The van der Waals surface area contributed by atoms with Crippen LogP contribution in [-0.4, -0.2) is 40.0 Å². The molecule has 1 aromatic heterocycles. The maximum absolute atomic E-state index is 12.4. The predicted molar refractivity (Wildman–Crippen MR) is 100 cm³/mol. The summed E-state index contributed by atoms with van der Waals surface area (Å²) in [7, 11) is 1.53. The van der Waals surface area contributed by atoms with Crippen LogP contribution in [0, 0.1) is 0 Å². The standard InChI is InChI=1S/C18H30N2O4S/c1-7-9-13(20-25(22)18(3,4)5)12-15-14(17(21)24-8-2)10-11-16(19-15)23-6/h10-11,13,20H,7-9,12H2,1-6H3. The zero-order valence-corrected chi connectivity index (χ0v) is 16.9. The van der Waals surface area contributed by atoms with Crippen molar-refractivity contribution in [2.24, 2.45) is 0 Å². The third kappa shape index (κ3) is 6.84. The number of ether oxygens (including phenoxy) is 2. The quantitative estimate of drug-likeness (QED) is 0.531. The van der Waals surface area contributed by atoms with E-state index in [-0.39, 0.29) is 10.8 Å². The molecule has 1 aromatic rings. The summed E-state index contributed by atoms with van der Waals surface area (Å²) in [6.45, 7) is 9.91. The number of hydrogen-bond acceptors (Lipinski definition) is 6. The summed E-state index contributed by atoms with van der Waals surface area (Å²) in [5, 5.41) is 0. The first-order valence-corrected chi connectivity index (χ1v) is 9.76. The van der Waals surface area contributed by atoms with Gasteiger partial charge in [0, 0.05) is 23.8 Å². The van der Waals surface area contributed by atoms with E-state index in [1.54, 1.807) is 19.1 Å².